The molecule has 30 heavy (non-hydrogen) atoms. The van der Waals surface area contributed by atoms with Gasteiger partial charge in [0, 0.05) is 13.1 Å². The summed E-state index contributed by atoms with van der Waals surface area (Å²) in [7, 11) is 0. The molecule has 1 aliphatic carbocycles. The zero-order valence-corrected chi connectivity index (χ0v) is 18.2. The second kappa shape index (κ2) is 9.32. The van der Waals surface area contributed by atoms with Crippen LogP contribution in [0.4, 0.5) is 11.5 Å². The zero-order chi connectivity index (χ0) is 21.8. The molecule has 0 saturated carbocycles. The van der Waals surface area contributed by atoms with E-state index in [1.54, 1.807) is 0 Å². The second-order valence-corrected chi connectivity index (χ2v) is 8.53. The van der Waals surface area contributed by atoms with Gasteiger partial charge >= 0.3 is 5.69 Å². The molecule has 1 aromatic carbocycles. The minimum Gasteiger partial charge on any atom is -0.383 e. The number of fused-ring (bicyclic) bond motifs is 1. The molecule has 1 aliphatic rings. The van der Waals surface area contributed by atoms with Crippen molar-refractivity contribution in [2.75, 3.05) is 17.2 Å². The monoisotopic (exact) mass is 412 g/mol. The molecule has 1 amide bonds. The van der Waals surface area contributed by atoms with Gasteiger partial charge in [0.2, 0.25) is 5.91 Å². The number of carbonyl (C=O) groups excluding carboxylic acids is 1. The van der Waals surface area contributed by atoms with Gasteiger partial charge in [-0.15, -0.1) is 0 Å². The summed E-state index contributed by atoms with van der Waals surface area (Å²) < 4.78 is 1.36. The summed E-state index contributed by atoms with van der Waals surface area (Å²) in [4.78, 5) is 42.0. The molecule has 0 spiro atoms. The first kappa shape index (κ1) is 21.9. The Morgan fingerprint density at radius 2 is 1.97 bits per heavy atom. The summed E-state index contributed by atoms with van der Waals surface area (Å²) in [5.41, 5.74) is 8.77. The Kier molecular flexibility index (Phi) is 6.80. The third-order valence-corrected chi connectivity index (χ3v) is 5.59. The van der Waals surface area contributed by atoms with E-state index in [-0.39, 0.29) is 29.8 Å². The van der Waals surface area contributed by atoms with Crippen LogP contribution in [-0.2, 0) is 30.6 Å². The number of nitrogens with one attached hydrogen (secondary N) is 1. The van der Waals surface area contributed by atoms with Gasteiger partial charge in [0.05, 0.1) is 6.42 Å². The fourth-order valence-corrected chi connectivity index (χ4v) is 4.06. The van der Waals surface area contributed by atoms with E-state index in [2.05, 4.69) is 17.1 Å². The first-order chi connectivity index (χ1) is 14.3. The van der Waals surface area contributed by atoms with Crippen LogP contribution < -0.4 is 21.9 Å². The molecule has 7 nitrogen and oxygen atoms in total. The summed E-state index contributed by atoms with van der Waals surface area (Å²) in [6, 6.07) is 6.19. The predicted molar refractivity (Wildman–Crippen MR) is 120 cm³/mol. The minimum absolute atomic E-state index is 0.0557. The number of H-pyrrole nitrogens is 1. The van der Waals surface area contributed by atoms with Crippen LogP contribution in [0, 0.1) is 5.92 Å². The summed E-state index contributed by atoms with van der Waals surface area (Å²) in [6.45, 7) is 6.72. The minimum atomic E-state index is -0.617. The predicted octanol–water partition coefficient (Wildman–Crippen LogP) is 2.64. The van der Waals surface area contributed by atoms with E-state index in [4.69, 9.17) is 5.73 Å². The Morgan fingerprint density at radius 1 is 1.23 bits per heavy atom. The first-order valence-corrected chi connectivity index (χ1v) is 10.9. The van der Waals surface area contributed by atoms with E-state index in [1.165, 1.54) is 20.6 Å². The average Bonchev–Trinajstić information content (AvgIpc) is 3.14. The summed E-state index contributed by atoms with van der Waals surface area (Å²) in [5.74, 6) is -0.0107. The summed E-state index contributed by atoms with van der Waals surface area (Å²) in [5, 5.41) is 0. The normalized spacial score (nSPS) is 12.9. The van der Waals surface area contributed by atoms with E-state index in [0.717, 1.165) is 37.7 Å². The number of rotatable bonds is 8. The molecule has 1 aromatic heterocycles. The van der Waals surface area contributed by atoms with E-state index in [9.17, 15) is 14.4 Å². The van der Waals surface area contributed by atoms with Crippen molar-refractivity contribution in [3.8, 4) is 0 Å². The third kappa shape index (κ3) is 4.66. The highest BCUT2D eigenvalue weighted by Crippen LogP contribution is 2.24. The van der Waals surface area contributed by atoms with Crippen LogP contribution in [0.25, 0.3) is 0 Å². The van der Waals surface area contributed by atoms with Gasteiger partial charge in [0.25, 0.3) is 5.56 Å². The fourth-order valence-electron chi connectivity index (χ4n) is 4.06. The summed E-state index contributed by atoms with van der Waals surface area (Å²) >= 11 is 0. The van der Waals surface area contributed by atoms with E-state index < -0.39 is 11.2 Å². The number of carbonyl (C=O) groups is 1. The Morgan fingerprint density at radius 3 is 2.67 bits per heavy atom. The maximum absolute atomic E-state index is 13.3. The van der Waals surface area contributed by atoms with E-state index >= 15 is 0 Å². The van der Waals surface area contributed by atoms with Crippen LogP contribution in [0.1, 0.15) is 56.7 Å². The largest absolute Gasteiger partial charge is 0.383 e. The third-order valence-electron chi connectivity index (χ3n) is 5.59. The maximum atomic E-state index is 13.3. The molecule has 0 atom stereocenters. The quantitative estimate of drug-likeness (QED) is 0.696. The Bertz CT molecular complexity index is 1040. The number of anilines is 2. The number of nitrogens with two attached hydrogens (primary N) is 1. The molecule has 3 N–H and O–H groups in total. The molecule has 0 radical (unpaired) electrons. The Balaban J connectivity index is 1.97. The number of hydrogen-bond acceptors (Lipinski definition) is 4. The lowest BCUT2D eigenvalue weighted by molar-refractivity contribution is -0.118. The van der Waals surface area contributed by atoms with Gasteiger partial charge in [-0.1, -0.05) is 45.4 Å². The van der Waals surface area contributed by atoms with Crippen molar-refractivity contribution in [2.24, 2.45) is 5.92 Å². The van der Waals surface area contributed by atoms with Gasteiger partial charge in [-0.25, -0.2) is 4.79 Å². The lowest BCUT2D eigenvalue weighted by Crippen LogP contribution is -2.43. The van der Waals surface area contributed by atoms with Gasteiger partial charge in [-0.3, -0.25) is 19.1 Å². The van der Waals surface area contributed by atoms with Crippen LogP contribution in [0.2, 0.25) is 0 Å². The van der Waals surface area contributed by atoms with Crippen molar-refractivity contribution in [1.29, 1.82) is 0 Å². The highest BCUT2D eigenvalue weighted by atomic mass is 16.2. The van der Waals surface area contributed by atoms with Gasteiger partial charge in [0.1, 0.15) is 5.82 Å². The Hall–Kier alpha value is -2.83. The van der Waals surface area contributed by atoms with Crippen molar-refractivity contribution in [3.63, 3.8) is 0 Å². The molecule has 1 heterocycles. The van der Waals surface area contributed by atoms with E-state index in [1.807, 2.05) is 26.8 Å². The highest BCUT2D eigenvalue weighted by Gasteiger charge is 2.25. The first-order valence-electron chi connectivity index (χ1n) is 10.9. The number of nitrogen functional groups attached to an aromatic ring is 1. The van der Waals surface area contributed by atoms with Gasteiger partial charge in [-0.05, 0) is 48.3 Å². The molecule has 0 saturated heterocycles. The van der Waals surface area contributed by atoms with Crippen molar-refractivity contribution in [1.82, 2.24) is 9.55 Å². The number of aryl methyl sites for hydroxylation is 2. The molecule has 0 aliphatic heterocycles. The van der Waals surface area contributed by atoms with Crippen LogP contribution in [-0.4, -0.2) is 22.0 Å². The van der Waals surface area contributed by atoms with Crippen LogP contribution >= 0.6 is 0 Å². The molecule has 0 bridgehead atoms. The smallest absolute Gasteiger partial charge is 0.330 e. The average molecular weight is 413 g/mol. The number of amides is 1. The van der Waals surface area contributed by atoms with Crippen molar-refractivity contribution >= 4 is 17.4 Å². The van der Waals surface area contributed by atoms with Gasteiger partial charge in [-0.2, -0.15) is 0 Å². The standard InChI is InChI=1S/C23H32N4O3/c1-4-5-11-26-21(24)20(22(29)25-23(26)30)27(14-15(2)3)19(28)13-16-9-10-17-7-6-8-18(17)12-16/h9-10,12,15H,4-8,11,13-14,24H2,1-3H3,(H,25,29,30). The topological polar surface area (TPSA) is 101 Å². The lowest BCUT2D eigenvalue weighted by atomic mass is 10.0. The number of aromatic nitrogens is 2. The SMILES string of the molecule is CCCCn1c(N)c(N(CC(C)C)C(=O)Cc2ccc3c(c2)CCC3)c(=O)[nH]c1=O. The number of benzene rings is 1. The van der Waals surface area contributed by atoms with Crippen molar-refractivity contribution < 1.29 is 4.79 Å². The zero-order valence-electron chi connectivity index (χ0n) is 18.2. The maximum Gasteiger partial charge on any atom is 0.330 e. The molecule has 3 rings (SSSR count). The summed E-state index contributed by atoms with van der Waals surface area (Å²) in [6.07, 6.45) is 5.11. The van der Waals surface area contributed by atoms with E-state index in [0.29, 0.717) is 13.1 Å². The molecule has 162 valence electrons. The second-order valence-electron chi connectivity index (χ2n) is 8.53. The van der Waals surface area contributed by atoms with Crippen molar-refractivity contribution in [2.45, 2.75) is 65.8 Å². The number of hydrogen-bond donors (Lipinski definition) is 2. The number of nitrogens with zero attached hydrogens (tertiary/aromatic N) is 2. The van der Waals surface area contributed by atoms with Gasteiger partial charge in [0.15, 0.2) is 5.69 Å². The Labute approximate surface area is 176 Å². The molecule has 0 fully saturated rings. The molecule has 0 unspecified atom stereocenters. The molecule has 7 heteroatoms. The van der Waals surface area contributed by atoms with Gasteiger partial charge < -0.3 is 10.6 Å². The lowest BCUT2D eigenvalue weighted by Gasteiger charge is -2.26. The highest BCUT2D eigenvalue weighted by molar-refractivity contribution is 5.96. The number of unbranched alkanes of at least 4 members (excludes halogenated alkanes) is 1. The molecule has 2 aromatic rings. The van der Waals surface area contributed by atoms with Crippen LogP contribution in [0.5, 0.6) is 0 Å². The van der Waals surface area contributed by atoms with Crippen LogP contribution in [0.15, 0.2) is 27.8 Å². The molecular formula is C23H32N4O3. The molecular weight excluding hydrogens is 380 g/mol. The van der Waals surface area contributed by atoms with Crippen LogP contribution in [0.3, 0.4) is 0 Å². The van der Waals surface area contributed by atoms with Crippen molar-refractivity contribution in [3.05, 3.63) is 55.7 Å². The fraction of sp³-hybridized carbons (Fsp3) is 0.522. The number of aromatic amines is 1.